The Morgan fingerprint density at radius 2 is 2.05 bits per heavy atom. The summed E-state index contributed by atoms with van der Waals surface area (Å²) >= 11 is 0. The molecule has 1 unspecified atom stereocenters. The van der Waals surface area contributed by atoms with Crippen molar-refractivity contribution in [1.29, 1.82) is 0 Å². The van der Waals surface area contributed by atoms with Gasteiger partial charge < -0.3 is 10.5 Å². The number of sulfonamides is 1. The van der Waals surface area contributed by atoms with E-state index >= 15 is 0 Å². The monoisotopic (exact) mass is 352 g/mol. The van der Waals surface area contributed by atoms with E-state index in [9.17, 15) is 12.8 Å². The van der Waals surface area contributed by atoms with Gasteiger partial charge in [0.15, 0.2) is 11.6 Å². The van der Waals surface area contributed by atoms with Gasteiger partial charge in [-0.1, -0.05) is 12.8 Å². The number of nitrogens with two attached hydrogens (primary N) is 1. The molecule has 1 aliphatic carbocycles. The van der Waals surface area contributed by atoms with E-state index in [0.29, 0.717) is 0 Å². The number of hydrogen-bond acceptors (Lipinski definition) is 4. The molecule has 0 aliphatic heterocycles. The number of halogens is 2. The highest BCUT2D eigenvalue weighted by atomic mass is 35.5. The molecule has 1 aromatic rings. The minimum Gasteiger partial charge on any atom is -0.494 e. The Morgan fingerprint density at radius 3 is 2.55 bits per heavy atom. The zero-order chi connectivity index (χ0) is 15.5. The molecule has 0 amide bonds. The van der Waals surface area contributed by atoms with Crippen LogP contribution in [-0.4, -0.2) is 28.1 Å². The zero-order valence-electron chi connectivity index (χ0n) is 12.4. The molecule has 1 atom stereocenters. The number of ether oxygens (including phenoxy) is 1. The summed E-state index contributed by atoms with van der Waals surface area (Å²) in [5.74, 6) is -0.432. The Balaban J connectivity index is 0.00000242. The summed E-state index contributed by atoms with van der Waals surface area (Å²) in [5, 5.41) is 0. The highest BCUT2D eigenvalue weighted by Crippen LogP contribution is 2.28. The number of nitrogens with one attached hydrogen (secondary N) is 1. The van der Waals surface area contributed by atoms with E-state index < -0.39 is 15.8 Å². The SMILES string of the molecule is COc1ccc(S(=O)(=O)NC(CN)C2CCCC2)cc1F.Cl. The topological polar surface area (TPSA) is 81.4 Å². The molecule has 5 nitrogen and oxygen atoms in total. The molecular weight excluding hydrogens is 331 g/mol. The molecular formula is C14H22ClFN2O3S. The van der Waals surface area contributed by atoms with Crippen LogP contribution in [0.4, 0.5) is 4.39 Å². The maximum Gasteiger partial charge on any atom is 0.240 e. The van der Waals surface area contributed by atoms with Crippen LogP contribution in [0.3, 0.4) is 0 Å². The van der Waals surface area contributed by atoms with E-state index in [4.69, 9.17) is 10.5 Å². The van der Waals surface area contributed by atoms with Crippen LogP contribution in [0, 0.1) is 11.7 Å². The third-order valence-electron chi connectivity index (χ3n) is 3.96. The van der Waals surface area contributed by atoms with Crippen LogP contribution in [0.1, 0.15) is 25.7 Å². The van der Waals surface area contributed by atoms with Gasteiger partial charge in [-0.2, -0.15) is 0 Å². The van der Waals surface area contributed by atoms with Crippen LogP contribution >= 0.6 is 12.4 Å². The molecule has 0 spiro atoms. The second-order valence-corrected chi connectivity index (χ2v) is 7.02. The van der Waals surface area contributed by atoms with Gasteiger partial charge in [0.05, 0.1) is 12.0 Å². The lowest BCUT2D eigenvalue weighted by atomic mass is 9.99. The minimum atomic E-state index is -3.78. The lowest BCUT2D eigenvalue weighted by molar-refractivity contribution is 0.385. The fourth-order valence-electron chi connectivity index (χ4n) is 2.78. The van der Waals surface area contributed by atoms with Gasteiger partial charge >= 0.3 is 0 Å². The summed E-state index contributed by atoms with van der Waals surface area (Å²) in [5.41, 5.74) is 5.69. The number of benzene rings is 1. The third kappa shape index (κ3) is 4.32. The fourth-order valence-corrected chi connectivity index (χ4v) is 4.11. The second-order valence-electron chi connectivity index (χ2n) is 5.30. The Hall–Kier alpha value is -0.890. The van der Waals surface area contributed by atoms with Crippen molar-refractivity contribution >= 4 is 22.4 Å². The molecule has 0 radical (unpaired) electrons. The Morgan fingerprint density at radius 1 is 1.41 bits per heavy atom. The first-order valence-corrected chi connectivity index (χ1v) is 8.52. The van der Waals surface area contributed by atoms with Crippen molar-refractivity contribution in [2.75, 3.05) is 13.7 Å². The van der Waals surface area contributed by atoms with Crippen molar-refractivity contribution in [2.24, 2.45) is 11.7 Å². The van der Waals surface area contributed by atoms with Gasteiger partial charge in [-0.05, 0) is 37.0 Å². The highest BCUT2D eigenvalue weighted by molar-refractivity contribution is 7.89. The molecule has 1 aliphatic rings. The molecule has 1 fully saturated rings. The summed E-state index contributed by atoms with van der Waals surface area (Å²) in [7, 11) is -2.45. The molecule has 0 saturated heterocycles. The van der Waals surface area contributed by atoms with Crippen molar-refractivity contribution in [1.82, 2.24) is 4.72 Å². The molecule has 0 aromatic heterocycles. The minimum absolute atomic E-state index is 0. The quantitative estimate of drug-likeness (QED) is 0.821. The molecule has 22 heavy (non-hydrogen) atoms. The van der Waals surface area contributed by atoms with Crippen LogP contribution in [0.2, 0.25) is 0 Å². The summed E-state index contributed by atoms with van der Waals surface area (Å²) in [6.45, 7) is 0.239. The van der Waals surface area contributed by atoms with Crippen LogP contribution in [0.25, 0.3) is 0 Å². The van der Waals surface area contributed by atoms with Gasteiger partial charge in [0, 0.05) is 12.6 Å². The second kappa shape index (κ2) is 8.10. The molecule has 0 bridgehead atoms. The van der Waals surface area contributed by atoms with Crippen molar-refractivity contribution in [3.8, 4) is 5.75 Å². The predicted molar refractivity (Wildman–Crippen MR) is 85.3 cm³/mol. The maximum atomic E-state index is 13.7. The van der Waals surface area contributed by atoms with Crippen molar-refractivity contribution in [2.45, 2.75) is 36.6 Å². The van der Waals surface area contributed by atoms with E-state index in [2.05, 4.69) is 4.72 Å². The van der Waals surface area contributed by atoms with Crippen molar-refractivity contribution in [3.63, 3.8) is 0 Å². The molecule has 3 N–H and O–H groups in total. The van der Waals surface area contributed by atoms with E-state index in [-0.39, 0.29) is 41.6 Å². The third-order valence-corrected chi connectivity index (χ3v) is 5.45. The average Bonchev–Trinajstić information content (AvgIpc) is 2.98. The van der Waals surface area contributed by atoms with Gasteiger partial charge in [0.25, 0.3) is 0 Å². The average molecular weight is 353 g/mol. The lowest BCUT2D eigenvalue weighted by Gasteiger charge is -2.23. The normalized spacial score (nSPS) is 17.0. The first kappa shape index (κ1) is 19.2. The van der Waals surface area contributed by atoms with E-state index in [1.165, 1.54) is 19.2 Å². The number of methoxy groups -OCH3 is 1. The smallest absolute Gasteiger partial charge is 0.240 e. The first-order valence-electron chi connectivity index (χ1n) is 7.04. The summed E-state index contributed by atoms with van der Waals surface area (Å²) in [4.78, 5) is -0.114. The Labute approximate surface area is 136 Å². The molecule has 1 saturated carbocycles. The van der Waals surface area contributed by atoms with Gasteiger partial charge in [-0.25, -0.2) is 17.5 Å². The molecule has 0 heterocycles. The Kier molecular flexibility index (Phi) is 7.05. The number of hydrogen-bond donors (Lipinski definition) is 2. The number of rotatable bonds is 6. The van der Waals surface area contributed by atoms with Crippen LogP contribution in [-0.2, 0) is 10.0 Å². The predicted octanol–water partition coefficient (Wildman–Crippen LogP) is 2.05. The lowest BCUT2D eigenvalue weighted by Crippen LogP contribution is -2.44. The first-order chi connectivity index (χ1) is 9.97. The van der Waals surface area contributed by atoms with Crippen LogP contribution < -0.4 is 15.2 Å². The van der Waals surface area contributed by atoms with Gasteiger partial charge in [-0.3, -0.25) is 0 Å². The van der Waals surface area contributed by atoms with E-state index in [1.807, 2.05) is 0 Å². The van der Waals surface area contributed by atoms with Gasteiger partial charge in [-0.15, -0.1) is 12.4 Å². The van der Waals surface area contributed by atoms with E-state index in [0.717, 1.165) is 31.7 Å². The van der Waals surface area contributed by atoms with Crippen LogP contribution in [0.15, 0.2) is 23.1 Å². The maximum absolute atomic E-state index is 13.7. The Bertz CT molecular complexity index is 592. The van der Waals surface area contributed by atoms with Crippen LogP contribution in [0.5, 0.6) is 5.75 Å². The molecule has 2 rings (SSSR count). The highest BCUT2D eigenvalue weighted by Gasteiger charge is 2.28. The standard InChI is InChI=1S/C14H21FN2O3S.ClH/c1-20-14-7-6-11(8-12(14)15)21(18,19)17-13(9-16)10-4-2-3-5-10;/h6-8,10,13,17H,2-5,9,16H2,1H3;1H. The molecule has 8 heteroatoms. The zero-order valence-corrected chi connectivity index (χ0v) is 14.1. The summed E-state index contributed by atoms with van der Waals surface area (Å²) in [6.07, 6.45) is 4.14. The van der Waals surface area contributed by atoms with Crippen molar-refractivity contribution < 1.29 is 17.5 Å². The van der Waals surface area contributed by atoms with Gasteiger partial charge in [0.1, 0.15) is 0 Å². The van der Waals surface area contributed by atoms with E-state index in [1.54, 1.807) is 0 Å². The van der Waals surface area contributed by atoms with Gasteiger partial charge in [0.2, 0.25) is 10.0 Å². The summed E-state index contributed by atoms with van der Waals surface area (Å²) in [6, 6.07) is 3.29. The largest absolute Gasteiger partial charge is 0.494 e. The molecule has 1 aromatic carbocycles. The van der Waals surface area contributed by atoms with Crippen molar-refractivity contribution in [3.05, 3.63) is 24.0 Å². The summed E-state index contributed by atoms with van der Waals surface area (Å²) < 4.78 is 45.7. The molecule has 126 valence electrons. The fraction of sp³-hybridized carbons (Fsp3) is 0.571.